The first-order valence-corrected chi connectivity index (χ1v) is 8.23. The Hall–Kier alpha value is -0.0300. The molecule has 1 unspecified atom stereocenters. The van der Waals surface area contributed by atoms with Crippen molar-refractivity contribution in [3.63, 3.8) is 0 Å². The molecule has 1 aliphatic heterocycles. The van der Waals surface area contributed by atoms with E-state index in [1.165, 1.54) is 17.7 Å². The summed E-state index contributed by atoms with van der Waals surface area (Å²) in [5.74, 6) is 1.76. The average molecular weight is 330 g/mol. The Balaban J connectivity index is 1.70. The molecular weight excluding hydrogens is 310 g/mol. The highest BCUT2D eigenvalue weighted by Gasteiger charge is 2.17. The van der Waals surface area contributed by atoms with Crippen LogP contribution in [0.5, 0.6) is 0 Å². The van der Waals surface area contributed by atoms with E-state index in [4.69, 9.17) is 10.5 Å². The van der Waals surface area contributed by atoms with Crippen molar-refractivity contribution in [1.82, 2.24) is 0 Å². The van der Waals surface area contributed by atoms with Crippen LogP contribution in [0.4, 0.5) is 0 Å². The van der Waals surface area contributed by atoms with Crippen LogP contribution in [-0.2, 0) is 4.74 Å². The molecule has 0 radical (unpaired) electrons. The summed E-state index contributed by atoms with van der Waals surface area (Å²) >= 11 is 5.29. The fourth-order valence-electron chi connectivity index (χ4n) is 2.21. The van der Waals surface area contributed by atoms with Crippen LogP contribution in [0.2, 0.25) is 0 Å². The van der Waals surface area contributed by atoms with E-state index in [0.717, 1.165) is 35.8 Å². The van der Waals surface area contributed by atoms with Crippen molar-refractivity contribution in [1.29, 1.82) is 0 Å². The fourth-order valence-corrected chi connectivity index (χ4v) is 3.35. The first-order chi connectivity index (χ1) is 8.74. The van der Waals surface area contributed by atoms with Gasteiger partial charge in [0.2, 0.25) is 0 Å². The molecule has 4 heteroatoms. The zero-order valence-electron chi connectivity index (χ0n) is 10.5. The Morgan fingerprint density at radius 3 is 2.61 bits per heavy atom. The van der Waals surface area contributed by atoms with Crippen LogP contribution in [0.3, 0.4) is 0 Å². The highest BCUT2D eigenvalue weighted by molar-refractivity contribution is 9.10. The van der Waals surface area contributed by atoms with E-state index >= 15 is 0 Å². The lowest BCUT2D eigenvalue weighted by atomic mass is 9.93. The predicted octanol–water partition coefficient (Wildman–Crippen LogP) is 3.69. The second-order valence-corrected chi connectivity index (χ2v) is 6.83. The van der Waals surface area contributed by atoms with E-state index in [1.807, 2.05) is 11.8 Å². The predicted molar refractivity (Wildman–Crippen MR) is 81.0 cm³/mol. The van der Waals surface area contributed by atoms with Crippen LogP contribution in [0.1, 0.15) is 19.3 Å². The number of hydrogen-bond acceptors (Lipinski definition) is 3. The number of rotatable bonds is 5. The summed E-state index contributed by atoms with van der Waals surface area (Å²) in [7, 11) is 0. The van der Waals surface area contributed by atoms with Gasteiger partial charge in [0.05, 0.1) is 0 Å². The molecule has 1 aliphatic rings. The summed E-state index contributed by atoms with van der Waals surface area (Å²) in [6, 6.07) is 8.71. The summed E-state index contributed by atoms with van der Waals surface area (Å²) in [6.45, 7) is 1.83. The number of nitrogens with two attached hydrogens (primary N) is 1. The van der Waals surface area contributed by atoms with Crippen molar-refractivity contribution in [3.8, 4) is 0 Å². The third-order valence-electron chi connectivity index (χ3n) is 3.25. The van der Waals surface area contributed by atoms with Crippen LogP contribution in [0, 0.1) is 5.92 Å². The zero-order chi connectivity index (χ0) is 12.8. The van der Waals surface area contributed by atoms with Gasteiger partial charge in [0.15, 0.2) is 0 Å². The van der Waals surface area contributed by atoms with Gasteiger partial charge in [-0.25, -0.2) is 0 Å². The molecule has 100 valence electrons. The highest BCUT2D eigenvalue weighted by atomic mass is 79.9. The second kappa shape index (κ2) is 7.53. The number of halogens is 1. The molecule has 1 fully saturated rings. The largest absolute Gasteiger partial charge is 0.381 e. The van der Waals surface area contributed by atoms with Gasteiger partial charge >= 0.3 is 0 Å². The molecule has 0 bridgehead atoms. The molecule has 18 heavy (non-hydrogen) atoms. The molecule has 1 atom stereocenters. The Morgan fingerprint density at radius 1 is 1.28 bits per heavy atom. The van der Waals surface area contributed by atoms with E-state index in [9.17, 15) is 0 Å². The van der Waals surface area contributed by atoms with Crippen LogP contribution in [-0.4, -0.2) is 25.0 Å². The summed E-state index contributed by atoms with van der Waals surface area (Å²) in [5, 5.41) is 0. The standard InChI is InChI=1S/C14H20BrNOS/c15-12-1-3-14(4-2-12)18-10-13(16)9-11-5-7-17-8-6-11/h1-4,11,13H,5-10,16H2. The van der Waals surface area contributed by atoms with Crippen LogP contribution in [0.15, 0.2) is 33.6 Å². The van der Waals surface area contributed by atoms with Crippen LogP contribution in [0.25, 0.3) is 0 Å². The maximum absolute atomic E-state index is 6.21. The quantitative estimate of drug-likeness (QED) is 0.837. The fraction of sp³-hybridized carbons (Fsp3) is 0.571. The van der Waals surface area contributed by atoms with Gasteiger partial charge < -0.3 is 10.5 Å². The van der Waals surface area contributed by atoms with E-state index in [1.54, 1.807) is 0 Å². The summed E-state index contributed by atoms with van der Waals surface area (Å²) in [4.78, 5) is 1.29. The molecule has 0 aliphatic carbocycles. The van der Waals surface area contributed by atoms with E-state index < -0.39 is 0 Å². The molecular formula is C14H20BrNOS. The smallest absolute Gasteiger partial charge is 0.0468 e. The summed E-state index contributed by atoms with van der Waals surface area (Å²) in [5.41, 5.74) is 6.21. The van der Waals surface area contributed by atoms with Gasteiger partial charge in [-0.3, -0.25) is 0 Å². The van der Waals surface area contributed by atoms with Gasteiger partial charge in [0, 0.05) is 34.4 Å². The Labute approximate surface area is 122 Å². The third kappa shape index (κ3) is 4.92. The number of thioether (sulfide) groups is 1. The molecule has 2 nitrogen and oxygen atoms in total. The van der Waals surface area contributed by atoms with Crippen molar-refractivity contribution in [2.75, 3.05) is 19.0 Å². The number of ether oxygens (including phenoxy) is 1. The highest BCUT2D eigenvalue weighted by Crippen LogP contribution is 2.24. The lowest BCUT2D eigenvalue weighted by Gasteiger charge is -2.24. The van der Waals surface area contributed by atoms with E-state index in [2.05, 4.69) is 40.2 Å². The Bertz CT molecular complexity index is 351. The number of hydrogen-bond donors (Lipinski definition) is 1. The van der Waals surface area contributed by atoms with Gasteiger partial charge in [0.1, 0.15) is 0 Å². The van der Waals surface area contributed by atoms with E-state index in [-0.39, 0.29) is 0 Å². The second-order valence-electron chi connectivity index (χ2n) is 4.82. The van der Waals surface area contributed by atoms with Crippen molar-refractivity contribution in [2.24, 2.45) is 11.7 Å². The normalized spacial score (nSPS) is 18.8. The monoisotopic (exact) mass is 329 g/mol. The minimum absolute atomic E-state index is 0.293. The Kier molecular flexibility index (Phi) is 6.02. The first-order valence-electron chi connectivity index (χ1n) is 6.46. The van der Waals surface area contributed by atoms with Gasteiger partial charge in [-0.15, -0.1) is 11.8 Å². The molecule has 0 spiro atoms. The van der Waals surface area contributed by atoms with Crippen molar-refractivity contribution >= 4 is 27.7 Å². The maximum Gasteiger partial charge on any atom is 0.0468 e. The van der Waals surface area contributed by atoms with E-state index in [0.29, 0.717) is 6.04 Å². The average Bonchev–Trinajstić information content (AvgIpc) is 2.39. The van der Waals surface area contributed by atoms with Crippen LogP contribution >= 0.6 is 27.7 Å². The zero-order valence-corrected chi connectivity index (χ0v) is 12.9. The third-order valence-corrected chi connectivity index (χ3v) is 4.98. The molecule has 0 amide bonds. The van der Waals surface area contributed by atoms with Gasteiger partial charge in [-0.05, 0) is 49.4 Å². The van der Waals surface area contributed by atoms with Gasteiger partial charge in [-0.2, -0.15) is 0 Å². The lowest BCUT2D eigenvalue weighted by molar-refractivity contribution is 0.0625. The SMILES string of the molecule is NC(CSc1ccc(Br)cc1)CC1CCOCC1. The summed E-state index contributed by atoms with van der Waals surface area (Å²) < 4.78 is 6.49. The van der Waals surface area contributed by atoms with Gasteiger partial charge in [-0.1, -0.05) is 15.9 Å². The summed E-state index contributed by atoms with van der Waals surface area (Å²) in [6.07, 6.45) is 3.49. The van der Waals surface area contributed by atoms with Crippen molar-refractivity contribution in [2.45, 2.75) is 30.2 Å². The Morgan fingerprint density at radius 2 is 1.94 bits per heavy atom. The molecule has 2 N–H and O–H groups in total. The van der Waals surface area contributed by atoms with Crippen LogP contribution < -0.4 is 5.73 Å². The first kappa shape index (κ1) is 14.4. The molecule has 0 aromatic heterocycles. The topological polar surface area (TPSA) is 35.2 Å². The number of benzene rings is 1. The minimum atomic E-state index is 0.293. The maximum atomic E-state index is 6.21. The van der Waals surface area contributed by atoms with Crippen molar-refractivity contribution < 1.29 is 4.74 Å². The van der Waals surface area contributed by atoms with Gasteiger partial charge in [0.25, 0.3) is 0 Å². The molecule has 1 saturated heterocycles. The lowest BCUT2D eigenvalue weighted by Crippen LogP contribution is -2.28. The van der Waals surface area contributed by atoms with Crippen molar-refractivity contribution in [3.05, 3.63) is 28.7 Å². The molecule has 2 rings (SSSR count). The molecule has 1 aromatic carbocycles. The minimum Gasteiger partial charge on any atom is -0.381 e. The molecule has 1 aromatic rings. The molecule has 1 heterocycles. The molecule has 0 saturated carbocycles.